The van der Waals surface area contributed by atoms with Crippen LogP contribution < -0.4 is 5.32 Å². The van der Waals surface area contributed by atoms with Crippen LogP contribution in [0.3, 0.4) is 0 Å². The van der Waals surface area contributed by atoms with E-state index in [4.69, 9.17) is 32.8 Å². The lowest BCUT2D eigenvalue weighted by Gasteiger charge is -2.35. The van der Waals surface area contributed by atoms with Crippen LogP contribution in [-0.4, -0.2) is 49.4 Å². The average molecular weight is 532 g/mol. The van der Waals surface area contributed by atoms with Crippen molar-refractivity contribution in [2.45, 2.75) is 48.5 Å². The third-order valence-electron chi connectivity index (χ3n) is 5.62. The standard InChI is InChI=1S/C21H23Cl2N3O5S2/c1-14(12-15-2-4-16(22)5-3-15)24-20(27)30-18-13-21(31-25-18)8-10-26(11-9-21)33(28,29)19-7-6-17(23)32-19/h2-7,14H,8-13H2,1H3,(H,24,27). The number of ether oxygens (including phenoxy) is 1. The SMILES string of the molecule is CC(Cc1ccc(Cl)cc1)NC(=O)OC1=NOC2(CCN(S(=O)(=O)c3ccc(Cl)s3)CC2)C1. The summed E-state index contributed by atoms with van der Waals surface area (Å²) < 4.78 is 33.0. The number of sulfonamides is 1. The first-order valence-corrected chi connectivity index (χ1v) is 13.4. The first kappa shape index (κ1) is 24.3. The van der Waals surface area contributed by atoms with Crippen molar-refractivity contribution in [3.8, 4) is 0 Å². The van der Waals surface area contributed by atoms with Crippen LogP contribution >= 0.6 is 34.5 Å². The Kier molecular flexibility index (Phi) is 7.20. The second-order valence-electron chi connectivity index (χ2n) is 8.16. The van der Waals surface area contributed by atoms with Gasteiger partial charge in [-0.25, -0.2) is 13.2 Å². The predicted octanol–water partition coefficient (Wildman–Crippen LogP) is 4.67. The minimum Gasteiger partial charge on any atom is -0.392 e. The Bertz CT molecular complexity index is 1140. The number of piperidine rings is 1. The smallest absolute Gasteiger partial charge is 0.392 e. The number of amides is 1. The number of hydrogen-bond acceptors (Lipinski definition) is 7. The molecule has 2 aromatic rings. The molecule has 12 heteroatoms. The minimum absolute atomic E-state index is 0.158. The highest BCUT2D eigenvalue weighted by molar-refractivity contribution is 7.91. The van der Waals surface area contributed by atoms with Crippen LogP contribution in [0, 0.1) is 0 Å². The van der Waals surface area contributed by atoms with Gasteiger partial charge in [-0.05, 0) is 43.2 Å². The summed E-state index contributed by atoms with van der Waals surface area (Å²) in [6, 6.07) is 10.4. The molecule has 1 N–H and O–H groups in total. The lowest BCUT2D eigenvalue weighted by atomic mass is 9.89. The fourth-order valence-electron chi connectivity index (χ4n) is 3.87. The van der Waals surface area contributed by atoms with Crippen LogP contribution in [0.25, 0.3) is 0 Å². The van der Waals surface area contributed by atoms with Gasteiger partial charge in [-0.3, -0.25) is 0 Å². The van der Waals surface area contributed by atoms with Crippen LogP contribution in [0.15, 0.2) is 45.8 Å². The van der Waals surface area contributed by atoms with Crippen LogP contribution in [0.4, 0.5) is 4.79 Å². The van der Waals surface area contributed by atoms with E-state index < -0.39 is 21.7 Å². The number of carbonyl (C=O) groups is 1. The van der Waals surface area contributed by atoms with Gasteiger partial charge < -0.3 is 14.9 Å². The third-order valence-corrected chi connectivity index (χ3v) is 9.47. The Labute approximate surface area is 206 Å². The van der Waals surface area contributed by atoms with Crippen molar-refractivity contribution in [1.29, 1.82) is 0 Å². The van der Waals surface area contributed by atoms with Crippen molar-refractivity contribution in [2.24, 2.45) is 5.16 Å². The van der Waals surface area contributed by atoms with E-state index in [9.17, 15) is 13.2 Å². The van der Waals surface area contributed by atoms with E-state index in [1.54, 1.807) is 18.2 Å². The minimum atomic E-state index is -3.59. The van der Waals surface area contributed by atoms with Gasteiger partial charge in [0.2, 0.25) is 5.90 Å². The number of halogens is 2. The highest BCUT2D eigenvalue weighted by Crippen LogP contribution is 2.37. The van der Waals surface area contributed by atoms with Gasteiger partial charge in [0.25, 0.3) is 10.0 Å². The molecule has 0 aliphatic carbocycles. The van der Waals surface area contributed by atoms with E-state index >= 15 is 0 Å². The molecule has 33 heavy (non-hydrogen) atoms. The van der Waals surface area contributed by atoms with Gasteiger partial charge in [-0.2, -0.15) is 4.31 Å². The maximum atomic E-state index is 12.8. The molecule has 2 aliphatic heterocycles. The quantitative estimate of drug-likeness (QED) is 0.604. The summed E-state index contributed by atoms with van der Waals surface area (Å²) in [7, 11) is -3.59. The summed E-state index contributed by atoms with van der Waals surface area (Å²) in [5.41, 5.74) is 0.378. The molecule has 1 unspecified atom stereocenters. The van der Waals surface area contributed by atoms with E-state index in [0.717, 1.165) is 16.9 Å². The van der Waals surface area contributed by atoms with Crippen molar-refractivity contribution >= 4 is 56.6 Å². The van der Waals surface area contributed by atoms with Crippen LogP contribution in [0.1, 0.15) is 31.7 Å². The molecule has 0 radical (unpaired) electrons. The lowest BCUT2D eigenvalue weighted by Crippen LogP contribution is -2.46. The number of nitrogens with one attached hydrogen (secondary N) is 1. The Morgan fingerprint density at radius 2 is 1.94 bits per heavy atom. The van der Waals surface area contributed by atoms with Crippen molar-refractivity contribution < 1.29 is 22.8 Å². The topological polar surface area (TPSA) is 97.3 Å². The summed E-state index contributed by atoms with van der Waals surface area (Å²) in [6.07, 6.45) is 1.21. The van der Waals surface area contributed by atoms with Crippen molar-refractivity contribution in [1.82, 2.24) is 9.62 Å². The molecule has 3 heterocycles. The number of carbonyl (C=O) groups excluding carboxylic acids is 1. The van der Waals surface area contributed by atoms with Crippen molar-refractivity contribution in [3.05, 3.63) is 51.3 Å². The second kappa shape index (κ2) is 9.79. The van der Waals surface area contributed by atoms with Gasteiger partial charge in [0, 0.05) is 37.0 Å². The highest BCUT2D eigenvalue weighted by atomic mass is 35.5. The summed E-state index contributed by atoms with van der Waals surface area (Å²) in [6.45, 7) is 2.44. The van der Waals surface area contributed by atoms with Crippen molar-refractivity contribution in [2.75, 3.05) is 13.1 Å². The van der Waals surface area contributed by atoms with E-state index in [-0.39, 0.29) is 29.2 Å². The molecule has 1 spiro atoms. The Balaban J connectivity index is 1.25. The first-order valence-electron chi connectivity index (χ1n) is 10.4. The zero-order chi connectivity index (χ0) is 23.6. The summed E-state index contributed by atoms with van der Waals surface area (Å²) in [5.74, 6) is 0.188. The van der Waals surface area contributed by atoms with Gasteiger partial charge in [0.1, 0.15) is 9.81 Å². The number of rotatable bonds is 5. The molecule has 1 saturated heterocycles. The van der Waals surface area contributed by atoms with E-state index in [1.165, 1.54) is 10.4 Å². The number of benzene rings is 1. The van der Waals surface area contributed by atoms with Crippen LogP contribution in [0.2, 0.25) is 9.36 Å². The number of thiophene rings is 1. The maximum Gasteiger partial charge on any atom is 0.414 e. The number of hydrogen-bond donors (Lipinski definition) is 1. The fraction of sp³-hybridized carbons (Fsp3) is 0.429. The fourth-order valence-corrected chi connectivity index (χ4v) is 7.08. The lowest BCUT2D eigenvalue weighted by molar-refractivity contribution is -0.0506. The molecule has 0 saturated carbocycles. The summed E-state index contributed by atoms with van der Waals surface area (Å²) in [5, 5.41) is 7.38. The Morgan fingerprint density at radius 3 is 2.58 bits per heavy atom. The van der Waals surface area contributed by atoms with Gasteiger partial charge in [0.05, 0.1) is 10.8 Å². The number of nitrogens with zero attached hydrogens (tertiary/aromatic N) is 2. The molecule has 1 atom stereocenters. The van der Waals surface area contributed by atoms with Gasteiger partial charge >= 0.3 is 6.09 Å². The van der Waals surface area contributed by atoms with Gasteiger partial charge in [0.15, 0.2) is 0 Å². The average Bonchev–Trinajstić information content (AvgIpc) is 3.37. The molecule has 1 aromatic heterocycles. The Morgan fingerprint density at radius 1 is 1.24 bits per heavy atom. The van der Waals surface area contributed by atoms with E-state index in [0.29, 0.717) is 35.0 Å². The molecular formula is C21H23Cl2N3O5S2. The van der Waals surface area contributed by atoms with E-state index in [1.807, 2.05) is 19.1 Å². The number of alkyl carbamates (subject to hydrolysis) is 1. The maximum absolute atomic E-state index is 12.8. The molecule has 2 aliphatic rings. The van der Waals surface area contributed by atoms with Gasteiger partial charge in [-0.1, -0.05) is 40.5 Å². The molecule has 1 fully saturated rings. The molecular weight excluding hydrogens is 509 g/mol. The number of oxime groups is 1. The highest BCUT2D eigenvalue weighted by Gasteiger charge is 2.45. The molecule has 8 nitrogen and oxygen atoms in total. The van der Waals surface area contributed by atoms with Crippen LogP contribution in [0.5, 0.6) is 0 Å². The molecule has 1 amide bonds. The van der Waals surface area contributed by atoms with Crippen LogP contribution in [-0.2, 0) is 26.0 Å². The Hall–Kier alpha value is -1.85. The zero-order valence-corrected chi connectivity index (χ0v) is 20.9. The van der Waals surface area contributed by atoms with Gasteiger partial charge in [-0.15, -0.1) is 11.3 Å². The normalized spacial score (nSPS) is 19.1. The summed E-state index contributed by atoms with van der Waals surface area (Å²) >= 11 is 12.8. The molecule has 4 rings (SSSR count). The molecule has 0 bridgehead atoms. The summed E-state index contributed by atoms with van der Waals surface area (Å²) in [4.78, 5) is 17.9. The molecule has 1 aromatic carbocycles. The second-order valence-corrected chi connectivity index (χ2v) is 12.5. The van der Waals surface area contributed by atoms with Crippen molar-refractivity contribution in [3.63, 3.8) is 0 Å². The molecule has 178 valence electrons. The zero-order valence-electron chi connectivity index (χ0n) is 17.8. The first-order chi connectivity index (χ1) is 15.6. The largest absolute Gasteiger partial charge is 0.414 e. The predicted molar refractivity (Wildman–Crippen MR) is 127 cm³/mol. The third kappa shape index (κ3) is 5.81. The monoisotopic (exact) mass is 531 g/mol. The van der Waals surface area contributed by atoms with E-state index in [2.05, 4.69) is 10.5 Å².